The highest BCUT2D eigenvalue weighted by Gasteiger charge is 2.35. The van der Waals surface area contributed by atoms with Gasteiger partial charge in [-0.1, -0.05) is 18.2 Å². The minimum Gasteiger partial charge on any atom is -0.390 e. The van der Waals surface area contributed by atoms with Crippen LogP contribution in [0.4, 0.5) is 5.69 Å². The molecular formula is C26H31N3O5S. The Hall–Kier alpha value is -3.01. The largest absolute Gasteiger partial charge is 0.390 e. The normalized spacial score (nSPS) is 16.3. The average Bonchev–Trinajstić information content (AvgIpc) is 2.82. The molecule has 1 aliphatic rings. The van der Waals surface area contributed by atoms with Crippen LogP contribution in [-0.2, 0) is 10.0 Å². The molecule has 9 heteroatoms. The molecule has 1 aliphatic heterocycles. The molecule has 2 aromatic carbocycles. The van der Waals surface area contributed by atoms with Gasteiger partial charge >= 0.3 is 0 Å². The topological polar surface area (TPSA) is 120 Å². The maximum absolute atomic E-state index is 13.0. The number of hydrogen-bond acceptors (Lipinski definition) is 6. The molecule has 4 rings (SSSR count). The summed E-state index contributed by atoms with van der Waals surface area (Å²) in [5.74, 6) is -0.165. The smallest absolute Gasteiger partial charge is 0.264 e. The van der Waals surface area contributed by atoms with Crippen molar-refractivity contribution >= 4 is 32.5 Å². The number of para-hydroxylation sites is 1. The van der Waals surface area contributed by atoms with Gasteiger partial charge in [0.15, 0.2) is 0 Å². The Kier molecular flexibility index (Phi) is 6.86. The number of rotatable bonds is 7. The zero-order chi connectivity index (χ0) is 25.3. The van der Waals surface area contributed by atoms with Crippen molar-refractivity contribution in [3.63, 3.8) is 0 Å². The highest BCUT2D eigenvalue weighted by molar-refractivity contribution is 7.93. The second-order valence-electron chi connectivity index (χ2n) is 9.84. The molecule has 0 spiro atoms. The summed E-state index contributed by atoms with van der Waals surface area (Å²) < 4.78 is 28.5. The van der Waals surface area contributed by atoms with Crippen LogP contribution in [0, 0.1) is 0 Å². The summed E-state index contributed by atoms with van der Waals surface area (Å²) in [6.45, 7) is 4.28. The first-order valence-electron chi connectivity index (χ1n) is 11.7. The predicted octanol–water partition coefficient (Wildman–Crippen LogP) is 3.55. The van der Waals surface area contributed by atoms with E-state index in [9.17, 15) is 23.4 Å². The van der Waals surface area contributed by atoms with E-state index in [0.29, 0.717) is 55.5 Å². The lowest BCUT2D eigenvalue weighted by molar-refractivity contribution is -0.0421. The van der Waals surface area contributed by atoms with E-state index in [-0.39, 0.29) is 10.8 Å². The van der Waals surface area contributed by atoms with Crippen molar-refractivity contribution in [1.82, 2.24) is 9.88 Å². The van der Waals surface area contributed by atoms with Crippen molar-refractivity contribution in [2.75, 3.05) is 17.8 Å². The lowest BCUT2D eigenvalue weighted by Crippen LogP contribution is -2.47. The number of likely N-dealkylation sites (tertiary alicyclic amines) is 1. The van der Waals surface area contributed by atoms with Crippen LogP contribution in [0.5, 0.6) is 0 Å². The summed E-state index contributed by atoms with van der Waals surface area (Å²) in [7, 11) is -3.88. The zero-order valence-electron chi connectivity index (χ0n) is 19.9. The van der Waals surface area contributed by atoms with Crippen LogP contribution in [-0.4, -0.2) is 58.7 Å². The van der Waals surface area contributed by atoms with E-state index in [2.05, 4.69) is 9.71 Å². The summed E-state index contributed by atoms with van der Waals surface area (Å²) in [4.78, 5) is 18.9. The molecule has 186 valence electrons. The second kappa shape index (κ2) is 9.56. The van der Waals surface area contributed by atoms with Gasteiger partial charge in [0.25, 0.3) is 15.9 Å². The fourth-order valence-electron chi connectivity index (χ4n) is 4.28. The molecule has 0 saturated carbocycles. The summed E-state index contributed by atoms with van der Waals surface area (Å²) in [6, 6.07) is 14.8. The summed E-state index contributed by atoms with van der Waals surface area (Å²) in [5, 5.41) is 21.5. The summed E-state index contributed by atoms with van der Waals surface area (Å²) in [6.07, 6.45) is 3.43. The van der Waals surface area contributed by atoms with Gasteiger partial charge in [0.2, 0.25) is 0 Å². The number of aromatic nitrogens is 1. The van der Waals surface area contributed by atoms with E-state index in [1.807, 2.05) is 0 Å². The van der Waals surface area contributed by atoms with E-state index in [4.69, 9.17) is 0 Å². The molecular weight excluding hydrogens is 466 g/mol. The fourth-order valence-corrected chi connectivity index (χ4v) is 5.52. The van der Waals surface area contributed by atoms with Gasteiger partial charge in [-0.05, 0) is 75.9 Å². The number of amides is 1. The predicted molar refractivity (Wildman–Crippen MR) is 135 cm³/mol. The van der Waals surface area contributed by atoms with E-state index in [1.165, 1.54) is 6.07 Å². The Morgan fingerprint density at radius 1 is 1.09 bits per heavy atom. The van der Waals surface area contributed by atoms with Crippen LogP contribution in [0.15, 0.2) is 65.7 Å². The van der Waals surface area contributed by atoms with Gasteiger partial charge in [-0.2, -0.15) is 0 Å². The second-order valence-corrected chi connectivity index (χ2v) is 11.5. The third kappa shape index (κ3) is 5.98. The molecule has 1 fully saturated rings. The van der Waals surface area contributed by atoms with Crippen LogP contribution in [0.1, 0.15) is 49.9 Å². The van der Waals surface area contributed by atoms with E-state index < -0.39 is 21.2 Å². The van der Waals surface area contributed by atoms with E-state index in [1.54, 1.807) is 73.5 Å². The minimum atomic E-state index is -3.88. The van der Waals surface area contributed by atoms with Crippen LogP contribution in [0.25, 0.3) is 10.9 Å². The lowest BCUT2D eigenvalue weighted by atomic mass is 9.84. The van der Waals surface area contributed by atoms with Gasteiger partial charge in [0, 0.05) is 35.9 Å². The molecule has 1 aromatic heterocycles. The van der Waals surface area contributed by atoms with Crippen molar-refractivity contribution < 1.29 is 23.4 Å². The van der Waals surface area contributed by atoms with Gasteiger partial charge < -0.3 is 15.1 Å². The first-order valence-corrected chi connectivity index (χ1v) is 13.1. The van der Waals surface area contributed by atoms with Gasteiger partial charge in [-0.25, -0.2) is 8.42 Å². The number of fused-ring (bicyclic) bond motifs is 1. The third-order valence-electron chi connectivity index (χ3n) is 6.45. The number of hydrogen-bond donors (Lipinski definition) is 3. The molecule has 35 heavy (non-hydrogen) atoms. The number of aliphatic hydroxyl groups is 2. The fraction of sp³-hybridized carbons (Fsp3) is 0.385. The lowest BCUT2D eigenvalue weighted by Gasteiger charge is -2.39. The molecule has 0 radical (unpaired) electrons. The van der Waals surface area contributed by atoms with Crippen molar-refractivity contribution in [3.8, 4) is 0 Å². The Balaban J connectivity index is 1.41. The van der Waals surface area contributed by atoms with Gasteiger partial charge in [0.1, 0.15) is 4.90 Å². The number of carbonyl (C=O) groups is 1. The Bertz CT molecular complexity index is 1300. The monoisotopic (exact) mass is 497 g/mol. The van der Waals surface area contributed by atoms with Gasteiger partial charge in [0.05, 0.1) is 16.7 Å². The quantitative estimate of drug-likeness (QED) is 0.459. The number of sulfonamides is 1. The molecule has 3 aromatic rings. The number of benzene rings is 2. The minimum absolute atomic E-state index is 0.0844. The van der Waals surface area contributed by atoms with Gasteiger partial charge in [-0.15, -0.1) is 0 Å². The third-order valence-corrected chi connectivity index (χ3v) is 7.87. The van der Waals surface area contributed by atoms with Crippen LogP contribution < -0.4 is 4.72 Å². The van der Waals surface area contributed by atoms with Crippen molar-refractivity contribution in [3.05, 3.63) is 66.4 Å². The number of carbonyl (C=O) groups excluding carboxylic acids is 1. The number of piperidine rings is 1. The summed E-state index contributed by atoms with van der Waals surface area (Å²) >= 11 is 0. The SMILES string of the molecule is CC(C)(O)CCC1(O)CCN(C(=O)c2ccc(NS(=O)(=O)c3cccc4cccnc34)cc2)CC1. The summed E-state index contributed by atoms with van der Waals surface area (Å²) in [5.41, 5.74) is -0.538. The number of pyridine rings is 1. The first kappa shape index (κ1) is 25.1. The standard InChI is InChI=1S/C26H31N3O5S/c1-25(2,31)12-13-26(32)14-17-29(18-15-26)24(30)20-8-10-21(11-9-20)28-35(33,34)22-7-3-5-19-6-4-16-27-23(19)22/h3-11,16,28,31-32H,12-15,17-18H2,1-2H3. The molecule has 0 bridgehead atoms. The number of nitrogens with zero attached hydrogens (tertiary/aromatic N) is 2. The Morgan fingerprint density at radius 3 is 2.40 bits per heavy atom. The van der Waals surface area contributed by atoms with Crippen molar-refractivity contribution in [2.45, 2.75) is 55.6 Å². The van der Waals surface area contributed by atoms with Crippen LogP contribution in [0.2, 0.25) is 0 Å². The zero-order valence-corrected chi connectivity index (χ0v) is 20.8. The van der Waals surface area contributed by atoms with Crippen LogP contribution in [0.3, 0.4) is 0 Å². The maximum Gasteiger partial charge on any atom is 0.264 e. The van der Waals surface area contributed by atoms with Gasteiger partial charge in [-0.3, -0.25) is 14.5 Å². The molecule has 3 N–H and O–H groups in total. The van der Waals surface area contributed by atoms with Crippen molar-refractivity contribution in [1.29, 1.82) is 0 Å². The Morgan fingerprint density at radius 2 is 1.74 bits per heavy atom. The molecule has 2 heterocycles. The van der Waals surface area contributed by atoms with E-state index >= 15 is 0 Å². The number of nitrogens with one attached hydrogen (secondary N) is 1. The van der Waals surface area contributed by atoms with Crippen molar-refractivity contribution in [2.24, 2.45) is 0 Å². The first-order chi connectivity index (χ1) is 16.5. The number of anilines is 1. The molecule has 1 amide bonds. The molecule has 8 nitrogen and oxygen atoms in total. The molecule has 0 aliphatic carbocycles. The average molecular weight is 498 g/mol. The Labute approximate surface area is 205 Å². The highest BCUT2D eigenvalue weighted by Crippen LogP contribution is 2.30. The van der Waals surface area contributed by atoms with Crippen LogP contribution >= 0.6 is 0 Å². The molecule has 1 saturated heterocycles. The molecule has 0 unspecified atom stereocenters. The maximum atomic E-state index is 13.0. The molecule has 0 atom stereocenters. The highest BCUT2D eigenvalue weighted by atomic mass is 32.2. The van der Waals surface area contributed by atoms with E-state index in [0.717, 1.165) is 5.39 Å².